The second-order valence-electron chi connectivity index (χ2n) is 8.62. The lowest BCUT2D eigenvalue weighted by molar-refractivity contribution is -0.132. The summed E-state index contributed by atoms with van der Waals surface area (Å²) in [4.78, 5) is 32.9. The summed E-state index contributed by atoms with van der Waals surface area (Å²) in [6, 6.07) is 17.2. The van der Waals surface area contributed by atoms with Gasteiger partial charge in [0.2, 0.25) is 0 Å². The molecule has 4 aromatic rings. The van der Waals surface area contributed by atoms with Crippen molar-refractivity contribution in [3.05, 3.63) is 88.5 Å². The van der Waals surface area contributed by atoms with Crippen LogP contribution in [-0.4, -0.2) is 36.0 Å². The van der Waals surface area contributed by atoms with Crippen LogP contribution in [0.2, 0.25) is 0 Å². The van der Waals surface area contributed by atoms with Crippen LogP contribution < -0.4 is 14.4 Å². The van der Waals surface area contributed by atoms with Crippen LogP contribution in [0.4, 0.5) is 5.13 Å². The molecule has 0 aliphatic carbocycles. The highest BCUT2D eigenvalue weighted by Crippen LogP contribution is 2.45. The van der Waals surface area contributed by atoms with Crippen molar-refractivity contribution in [3.63, 3.8) is 0 Å². The molecule has 1 saturated heterocycles. The van der Waals surface area contributed by atoms with Gasteiger partial charge in [0.25, 0.3) is 5.78 Å². The van der Waals surface area contributed by atoms with Gasteiger partial charge in [0, 0.05) is 5.56 Å². The molecule has 182 valence electrons. The van der Waals surface area contributed by atoms with Crippen LogP contribution in [0.1, 0.15) is 28.3 Å². The number of ether oxygens (including phenoxy) is 2. The molecule has 1 unspecified atom stereocenters. The maximum Gasteiger partial charge on any atom is 0.301 e. The molecule has 1 fully saturated rings. The minimum atomic E-state index is -0.909. The van der Waals surface area contributed by atoms with Crippen LogP contribution in [0.15, 0.2) is 66.2 Å². The van der Waals surface area contributed by atoms with Crippen LogP contribution >= 0.6 is 11.3 Å². The monoisotopic (exact) mass is 500 g/mol. The van der Waals surface area contributed by atoms with Gasteiger partial charge in [-0.25, -0.2) is 4.98 Å². The average molecular weight is 501 g/mol. The topological polar surface area (TPSA) is 89.0 Å². The van der Waals surface area contributed by atoms with Gasteiger partial charge in [-0.3, -0.25) is 14.5 Å². The largest absolute Gasteiger partial charge is 0.507 e. The third kappa shape index (κ3) is 3.89. The SMILES string of the molecule is COc1ccc(C2/C(=C(\O)c3ccc(C)cc3)C(=O)C(=O)N2c2nc3ccc(C)cc3s2)cc1OC. The second kappa shape index (κ2) is 9.13. The molecule has 7 nitrogen and oxygen atoms in total. The summed E-state index contributed by atoms with van der Waals surface area (Å²) in [7, 11) is 3.05. The number of methoxy groups -OCH3 is 2. The molecule has 3 aromatic carbocycles. The van der Waals surface area contributed by atoms with E-state index in [2.05, 4.69) is 4.98 Å². The number of thiazole rings is 1. The van der Waals surface area contributed by atoms with Gasteiger partial charge in [-0.15, -0.1) is 0 Å². The van der Waals surface area contributed by atoms with Crippen molar-refractivity contribution >= 4 is 44.1 Å². The van der Waals surface area contributed by atoms with E-state index in [1.165, 1.54) is 30.5 Å². The number of carbonyl (C=O) groups is 2. The number of anilines is 1. The smallest absolute Gasteiger partial charge is 0.301 e. The zero-order chi connectivity index (χ0) is 25.6. The molecule has 8 heteroatoms. The molecule has 1 aromatic heterocycles. The fraction of sp³-hybridized carbons (Fsp3) is 0.179. The molecule has 36 heavy (non-hydrogen) atoms. The van der Waals surface area contributed by atoms with Crippen molar-refractivity contribution < 1.29 is 24.2 Å². The van der Waals surface area contributed by atoms with E-state index in [0.717, 1.165) is 21.3 Å². The van der Waals surface area contributed by atoms with Crippen molar-refractivity contribution in [1.29, 1.82) is 0 Å². The maximum atomic E-state index is 13.5. The standard InChI is InChI=1S/C28H24N2O5S/c1-15-5-8-17(9-6-15)25(31)23-24(18-10-12-20(34-3)21(14-18)35-4)30(27(33)26(23)32)28-29-19-11-7-16(2)13-22(19)36-28/h5-14,24,31H,1-4H3/b25-23+. The van der Waals surface area contributed by atoms with Crippen LogP contribution in [0.25, 0.3) is 16.0 Å². The summed E-state index contributed by atoms with van der Waals surface area (Å²) in [5, 5.41) is 11.7. The lowest BCUT2D eigenvalue weighted by Gasteiger charge is -2.23. The highest BCUT2D eigenvalue weighted by molar-refractivity contribution is 7.22. The second-order valence-corrected chi connectivity index (χ2v) is 9.63. The number of benzene rings is 3. The number of aliphatic hydroxyl groups excluding tert-OH is 1. The van der Waals surface area contributed by atoms with Crippen LogP contribution in [0.3, 0.4) is 0 Å². The van der Waals surface area contributed by atoms with Crippen molar-refractivity contribution in [2.24, 2.45) is 0 Å². The number of aliphatic hydroxyl groups is 1. The van der Waals surface area contributed by atoms with E-state index in [1.807, 2.05) is 44.2 Å². The van der Waals surface area contributed by atoms with Crippen molar-refractivity contribution in [2.75, 3.05) is 19.1 Å². The van der Waals surface area contributed by atoms with Gasteiger partial charge >= 0.3 is 5.91 Å². The Morgan fingerprint density at radius 2 is 1.61 bits per heavy atom. The Bertz CT molecular complexity index is 1540. The summed E-state index contributed by atoms with van der Waals surface area (Å²) in [5.74, 6) is -0.821. The van der Waals surface area contributed by atoms with E-state index in [-0.39, 0.29) is 11.3 Å². The fourth-order valence-corrected chi connectivity index (χ4v) is 5.45. The van der Waals surface area contributed by atoms with Crippen LogP contribution in [0, 0.1) is 13.8 Å². The van der Waals surface area contributed by atoms with Gasteiger partial charge in [0.15, 0.2) is 16.6 Å². The quantitative estimate of drug-likeness (QED) is 0.219. The Kier molecular flexibility index (Phi) is 5.97. The van der Waals surface area contributed by atoms with Crippen molar-refractivity contribution in [2.45, 2.75) is 19.9 Å². The summed E-state index contributed by atoms with van der Waals surface area (Å²) in [5.41, 5.74) is 3.82. The number of Topliss-reactive ketones (excluding diaryl/α,β-unsaturated/α-hetero) is 1. The highest BCUT2D eigenvalue weighted by atomic mass is 32.1. The number of hydrogen-bond donors (Lipinski definition) is 1. The van der Waals surface area contributed by atoms with Gasteiger partial charge in [-0.2, -0.15) is 0 Å². The number of hydrogen-bond acceptors (Lipinski definition) is 7. The van der Waals surface area contributed by atoms with E-state index < -0.39 is 17.7 Å². The molecule has 1 atom stereocenters. The first-order valence-corrected chi connectivity index (χ1v) is 12.1. The first kappa shape index (κ1) is 23.6. The van der Waals surface area contributed by atoms with Crippen molar-refractivity contribution in [1.82, 2.24) is 4.98 Å². The summed E-state index contributed by atoms with van der Waals surface area (Å²) in [6.45, 7) is 3.91. The maximum absolute atomic E-state index is 13.5. The third-order valence-electron chi connectivity index (χ3n) is 6.23. The number of aryl methyl sites for hydroxylation is 2. The summed E-state index contributed by atoms with van der Waals surface area (Å²) >= 11 is 1.32. The Morgan fingerprint density at radius 1 is 0.917 bits per heavy atom. The van der Waals surface area contributed by atoms with E-state index in [9.17, 15) is 14.7 Å². The van der Waals surface area contributed by atoms with E-state index in [4.69, 9.17) is 9.47 Å². The predicted octanol–water partition coefficient (Wildman–Crippen LogP) is 5.56. The summed E-state index contributed by atoms with van der Waals surface area (Å²) in [6.07, 6.45) is 0. The molecule has 2 heterocycles. The molecular formula is C28H24N2O5S. The van der Waals surface area contributed by atoms with E-state index >= 15 is 0 Å². The van der Waals surface area contributed by atoms with Gasteiger partial charge in [0.1, 0.15) is 5.76 Å². The molecule has 1 aliphatic heterocycles. The number of rotatable bonds is 5. The zero-order valence-corrected chi connectivity index (χ0v) is 21.1. The highest BCUT2D eigenvalue weighted by Gasteiger charge is 2.48. The Morgan fingerprint density at radius 3 is 2.31 bits per heavy atom. The van der Waals surface area contributed by atoms with Crippen LogP contribution in [-0.2, 0) is 9.59 Å². The lowest BCUT2D eigenvalue weighted by atomic mass is 9.95. The summed E-state index contributed by atoms with van der Waals surface area (Å²) < 4.78 is 11.7. The van der Waals surface area contributed by atoms with Gasteiger partial charge < -0.3 is 14.6 Å². The number of fused-ring (bicyclic) bond motifs is 1. The van der Waals surface area contributed by atoms with E-state index in [0.29, 0.717) is 27.8 Å². The number of amides is 1. The minimum absolute atomic E-state index is 0.00786. The zero-order valence-electron chi connectivity index (χ0n) is 20.2. The first-order chi connectivity index (χ1) is 17.3. The molecule has 1 N–H and O–H groups in total. The average Bonchev–Trinajstić information content (AvgIpc) is 3.41. The molecule has 1 aliphatic rings. The normalized spacial score (nSPS) is 17.1. The lowest BCUT2D eigenvalue weighted by Crippen LogP contribution is -2.29. The van der Waals surface area contributed by atoms with Gasteiger partial charge in [-0.1, -0.05) is 53.3 Å². The number of nitrogens with zero attached hydrogens (tertiary/aromatic N) is 2. The molecule has 5 rings (SSSR count). The molecule has 1 amide bonds. The first-order valence-electron chi connectivity index (χ1n) is 11.3. The Balaban J connectivity index is 1.75. The van der Waals surface area contributed by atoms with Gasteiger partial charge in [-0.05, 0) is 49.2 Å². The minimum Gasteiger partial charge on any atom is -0.507 e. The molecule has 0 spiro atoms. The number of carbonyl (C=O) groups excluding carboxylic acids is 2. The fourth-order valence-electron chi connectivity index (χ4n) is 4.36. The molecule has 0 saturated carbocycles. The molecule has 0 bridgehead atoms. The third-order valence-corrected chi connectivity index (χ3v) is 7.25. The number of aromatic nitrogens is 1. The molecule has 0 radical (unpaired) electrons. The van der Waals surface area contributed by atoms with Crippen molar-refractivity contribution in [3.8, 4) is 11.5 Å². The molecular weight excluding hydrogens is 476 g/mol. The number of ketones is 1. The predicted molar refractivity (Wildman–Crippen MR) is 140 cm³/mol. The Hall–Kier alpha value is -4.17. The van der Waals surface area contributed by atoms with Gasteiger partial charge in [0.05, 0.1) is 36.1 Å². The Labute approximate surface area is 212 Å². The van der Waals surface area contributed by atoms with E-state index in [1.54, 1.807) is 30.3 Å². The van der Waals surface area contributed by atoms with Crippen LogP contribution in [0.5, 0.6) is 11.5 Å².